The molecule has 0 atom stereocenters. The number of aromatic nitrogens is 3. The highest BCUT2D eigenvalue weighted by molar-refractivity contribution is 5.81. The molecule has 8 heteroatoms. The van der Waals surface area contributed by atoms with Gasteiger partial charge in [0.25, 0.3) is 0 Å². The molecule has 0 amide bonds. The van der Waals surface area contributed by atoms with Gasteiger partial charge in [-0.05, 0) is 42.5 Å². The molecule has 34 heavy (non-hydrogen) atoms. The van der Waals surface area contributed by atoms with Crippen LogP contribution in [-0.2, 0) is 7.05 Å². The van der Waals surface area contributed by atoms with Crippen LogP contribution in [0.15, 0.2) is 96.3 Å². The maximum absolute atomic E-state index is 8.70. The topological polar surface area (TPSA) is 93.8 Å². The van der Waals surface area contributed by atoms with Gasteiger partial charge < -0.3 is 24.6 Å². The van der Waals surface area contributed by atoms with Gasteiger partial charge in [-0.2, -0.15) is 0 Å². The zero-order valence-electron chi connectivity index (χ0n) is 18.3. The number of oxime groups is 1. The van der Waals surface area contributed by atoms with Crippen LogP contribution in [0.4, 0.5) is 11.6 Å². The molecular weight excluding hydrogens is 430 g/mol. The van der Waals surface area contributed by atoms with Crippen LogP contribution in [0.1, 0.15) is 5.69 Å². The van der Waals surface area contributed by atoms with Crippen molar-refractivity contribution < 1.29 is 14.7 Å². The fourth-order valence-electron chi connectivity index (χ4n) is 3.50. The monoisotopic (exact) mass is 451 g/mol. The van der Waals surface area contributed by atoms with Crippen LogP contribution in [0.25, 0.3) is 11.0 Å². The van der Waals surface area contributed by atoms with E-state index in [1.165, 1.54) is 6.21 Å². The Bertz CT molecular complexity index is 1460. The molecule has 0 unspecified atom stereocenters. The number of imidazole rings is 1. The van der Waals surface area contributed by atoms with E-state index in [0.717, 1.165) is 28.2 Å². The Hall–Kier alpha value is -4.85. The Morgan fingerprint density at radius 2 is 1.62 bits per heavy atom. The number of ether oxygens (including phenoxy) is 2. The van der Waals surface area contributed by atoms with Crippen LogP contribution < -0.4 is 14.8 Å². The summed E-state index contributed by atoms with van der Waals surface area (Å²) < 4.78 is 13.9. The summed E-state index contributed by atoms with van der Waals surface area (Å²) in [6.07, 6.45) is 2.83. The summed E-state index contributed by atoms with van der Waals surface area (Å²) in [6, 6.07) is 26.5. The van der Waals surface area contributed by atoms with E-state index in [0.29, 0.717) is 23.1 Å². The van der Waals surface area contributed by atoms with Gasteiger partial charge in [-0.25, -0.2) is 4.98 Å². The number of hydrogen-bond donors (Lipinski definition) is 2. The van der Waals surface area contributed by atoms with Gasteiger partial charge in [-0.1, -0.05) is 29.4 Å². The number of nitrogens with zero attached hydrogens (tertiary/aromatic N) is 4. The lowest BCUT2D eigenvalue weighted by molar-refractivity contribution is 0.321. The average Bonchev–Trinajstić information content (AvgIpc) is 3.15. The summed E-state index contributed by atoms with van der Waals surface area (Å²) in [5, 5.41) is 15.1. The summed E-state index contributed by atoms with van der Waals surface area (Å²) in [7, 11) is 1.95. The van der Waals surface area contributed by atoms with Crippen molar-refractivity contribution in [1.29, 1.82) is 0 Å². The van der Waals surface area contributed by atoms with Gasteiger partial charge >= 0.3 is 0 Å². The lowest BCUT2D eigenvalue weighted by Crippen LogP contribution is -1.99. The van der Waals surface area contributed by atoms with Crippen LogP contribution in [0.5, 0.6) is 23.0 Å². The minimum atomic E-state index is 0.490. The third kappa shape index (κ3) is 4.66. The summed E-state index contributed by atoms with van der Waals surface area (Å²) >= 11 is 0. The number of benzene rings is 3. The Morgan fingerprint density at radius 3 is 2.47 bits per heavy atom. The number of rotatable bonds is 7. The first-order chi connectivity index (χ1) is 16.7. The highest BCUT2D eigenvalue weighted by Crippen LogP contribution is 2.29. The number of pyridine rings is 1. The Morgan fingerprint density at radius 1 is 0.853 bits per heavy atom. The number of aryl methyl sites for hydroxylation is 1. The van der Waals surface area contributed by atoms with Crippen molar-refractivity contribution in [1.82, 2.24) is 14.5 Å². The first-order valence-electron chi connectivity index (χ1n) is 10.6. The smallest absolute Gasteiger partial charge is 0.208 e. The quantitative estimate of drug-likeness (QED) is 0.176. The predicted octanol–water partition coefficient (Wildman–Crippen LogP) is 6.10. The van der Waals surface area contributed by atoms with Crippen LogP contribution >= 0.6 is 0 Å². The third-order valence-corrected chi connectivity index (χ3v) is 5.10. The van der Waals surface area contributed by atoms with Gasteiger partial charge in [0, 0.05) is 37.1 Å². The van der Waals surface area contributed by atoms with Crippen LogP contribution in [0, 0.1) is 0 Å². The second-order valence-corrected chi connectivity index (χ2v) is 7.48. The van der Waals surface area contributed by atoms with Crippen molar-refractivity contribution in [3.8, 4) is 23.0 Å². The minimum Gasteiger partial charge on any atom is -0.457 e. The molecule has 8 nitrogen and oxygen atoms in total. The molecule has 2 aromatic heterocycles. The van der Waals surface area contributed by atoms with Gasteiger partial charge in [0.05, 0.1) is 22.9 Å². The van der Waals surface area contributed by atoms with Crippen LogP contribution in [0.3, 0.4) is 0 Å². The molecule has 0 aliphatic carbocycles. The molecule has 0 aliphatic heterocycles. The van der Waals surface area contributed by atoms with Gasteiger partial charge in [0.1, 0.15) is 23.0 Å². The minimum absolute atomic E-state index is 0.490. The molecule has 0 radical (unpaired) electrons. The number of hydrogen-bond acceptors (Lipinski definition) is 7. The van der Waals surface area contributed by atoms with E-state index < -0.39 is 0 Å². The van der Waals surface area contributed by atoms with E-state index in [-0.39, 0.29) is 0 Å². The molecule has 3 aromatic carbocycles. The molecule has 2 heterocycles. The fraction of sp³-hybridized carbons (Fsp3) is 0.0385. The Kier molecular flexibility index (Phi) is 5.77. The highest BCUT2D eigenvalue weighted by Gasteiger charge is 2.10. The summed E-state index contributed by atoms with van der Waals surface area (Å²) in [4.78, 5) is 8.82. The van der Waals surface area contributed by atoms with Gasteiger partial charge in [0.2, 0.25) is 5.95 Å². The molecule has 2 N–H and O–H groups in total. The molecule has 0 spiro atoms. The molecule has 5 rings (SSSR count). The third-order valence-electron chi connectivity index (χ3n) is 5.10. The van der Waals surface area contributed by atoms with Crippen molar-refractivity contribution in [3.63, 3.8) is 0 Å². The molecule has 0 bridgehead atoms. The van der Waals surface area contributed by atoms with E-state index in [1.807, 2.05) is 84.4 Å². The normalized spacial score (nSPS) is 11.1. The van der Waals surface area contributed by atoms with E-state index in [1.54, 1.807) is 18.3 Å². The fourth-order valence-corrected chi connectivity index (χ4v) is 3.50. The van der Waals surface area contributed by atoms with E-state index in [9.17, 15) is 0 Å². The summed E-state index contributed by atoms with van der Waals surface area (Å²) in [5.74, 6) is 3.41. The van der Waals surface area contributed by atoms with Crippen molar-refractivity contribution >= 4 is 28.9 Å². The van der Waals surface area contributed by atoms with Crippen molar-refractivity contribution in [2.75, 3.05) is 5.32 Å². The Balaban J connectivity index is 1.36. The molecule has 168 valence electrons. The molecular formula is C26H21N5O3. The standard InChI is InChI=1S/C26H21N5O3/c1-31-25-11-10-22(34-23-12-13-27-19(15-23)17-28-32)16-24(25)30-26(31)29-18-6-5-9-21(14-18)33-20-7-3-2-4-8-20/h2-17,32H,1H3,(H,29,30)/b28-17+. The second kappa shape index (κ2) is 9.33. The summed E-state index contributed by atoms with van der Waals surface area (Å²) in [5.41, 5.74) is 3.09. The molecule has 0 aliphatic rings. The van der Waals surface area contributed by atoms with E-state index >= 15 is 0 Å². The largest absolute Gasteiger partial charge is 0.457 e. The van der Waals surface area contributed by atoms with Crippen molar-refractivity contribution in [2.24, 2.45) is 12.2 Å². The van der Waals surface area contributed by atoms with Crippen LogP contribution in [0.2, 0.25) is 0 Å². The Labute approximate surface area is 195 Å². The van der Waals surface area contributed by atoms with E-state index in [4.69, 9.17) is 19.7 Å². The molecule has 0 saturated carbocycles. The van der Waals surface area contributed by atoms with Gasteiger partial charge in [-0.15, -0.1) is 0 Å². The average molecular weight is 451 g/mol. The van der Waals surface area contributed by atoms with Gasteiger partial charge in [-0.3, -0.25) is 4.98 Å². The number of nitrogens with one attached hydrogen (secondary N) is 1. The zero-order valence-corrected chi connectivity index (χ0v) is 18.3. The highest BCUT2D eigenvalue weighted by atomic mass is 16.5. The molecule has 0 fully saturated rings. The van der Waals surface area contributed by atoms with Crippen molar-refractivity contribution in [2.45, 2.75) is 0 Å². The molecule has 5 aromatic rings. The zero-order chi connectivity index (χ0) is 23.3. The summed E-state index contributed by atoms with van der Waals surface area (Å²) in [6.45, 7) is 0. The lowest BCUT2D eigenvalue weighted by Gasteiger charge is -2.09. The number of fused-ring (bicyclic) bond motifs is 1. The van der Waals surface area contributed by atoms with Gasteiger partial charge in [0.15, 0.2) is 0 Å². The second-order valence-electron chi connectivity index (χ2n) is 7.48. The lowest BCUT2D eigenvalue weighted by atomic mass is 10.3. The number of para-hydroxylation sites is 1. The first kappa shape index (κ1) is 21.0. The maximum atomic E-state index is 8.70. The van der Waals surface area contributed by atoms with Crippen LogP contribution in [-0.4, -0.2) is 26.0 Å². The van der Waals surface area contributed by atoms with Crippen molar-refractivity contribution in [3.05, 3.63) is 96.8 Å². The van der Waals surface area contributed by atoms with E-state index in [2.05, 4.69) is 15.5 Å². The predicted molar refractivity (Wildman–Crippen MR) is 131 cm³/mol. The maximum Gasteiger partial charge on any atom is 0.208 e. The number of anilines is 2. The SMILES string of the molecule is Cn1c(Nc2cccc(Oc3ccccc3)c2)nc2cc(Oc3ccnc(/C=N/O)c3)ccc21. The molecule has 0 saturated heterocycles. The first-order valence-corrected chi connectivity index (χ1v) is 10.6.